The van der Waals surface area contributed by atoms with Crippen molar-refractivity contribution in [3.8, 4) is 0 Å². The lowest BCUT2D eigenvalue weighted by Crippen LogP contribution is -2.47. The molecule has 2 aromatic carbocycles. The van der Waals surface area contributed by atoms with E-state index in [-0.39, 0.29) is 0 Å². The molecule has 4 rings (SSSR count). The fraction of sp³-hybridized carbons (Fsp3) is 0.278. The van der Waals surface area contributed by atoms with E-state index in [0.29, 0.717) is 5.02 Å². The molecule has 0 radical (unpaired) electrons. The van der Waals surface area contributed by atoms with Crippen LogP contribution >= 0.6 is 11.6 Å². The summed E-state index contributed by atoms with van der Waals surface area (Å²) in [4.78, 5) is 4.68. The molecule has 1 aliphatic heterocycles. The number of hydrogen-bond acceptors (Lipinski definition) is 4. The molecular weight excluding hydrogens is 310 g/mol. The second kappa shape index (κ2) is 5.78. The summed E-state index contributed by atoms with van der Waals surface area (Å²) in [6, 6.07) is 14.2. The third kappa shape index (κ3) is 2.53. The number of fused-ring (bicyclic) bond motifs is 1. The Kier molecular flexibility index (Phi) is 3.62. The molecule has 118 valence electrons. The van der Waals surface area contributed by atoms with Crippen molar-refractivity contribution in [2.45, 2.75) is 6.92 Å². The zero-order valence-corrected chi connectivity index (χ0v) is 13.8. The van der Waals surface area contributed by atoms with Gasteiger partial charge in [0.05, 0.1) is 10.4 Å². The highest BCUT2D eigenvalue weighted by molar-refractivity contribution is 6.36. The third-order valence-corrected chi connectivity index (χ3v) is 4.78. The molecule has 1 aliphatic rings. The highest BCUT2D eigenvalue weighted by Crippen LogP contribution is 2.33. The van der Waals surface area contributed by atoms with E-state index >= 15 is 0 Å². The monoisotopic (exact) mass is 327 g/mol. The number of benzene rings is 2. The van der Waals surface area contributed by atoms with Crippen molar-refractivity contribution in [2.75, 3.05) is 36.0 Å². The number of piperazine rings is 1. The molecule has 0 atom stereocenters. The Labute approximate surface area is 140 Å². The molecule has 2 heterocycles. The van der Waals surface area contributed by atoms with Crippen molar-refractivity contribution in [1.29, 1.82) is 0 Å². The number of para-hydroxylation sites is 1. The average molecular weight is 328 g/mol. The fourth-order valence-corrected chi connectivity index (χ4v) is 3.48. The summed E-state index contributed by atoms with van der Waals surface area (Å²) in [7, 11) is 0. The molecule has 0 aliphatic carbocycles. The van der Waals surface area contributed by atoms with Crippen LogP contribution in [0.4, 0.5) is 11.5 Å². The molecular formula is C18H18ClN3O. The lowest BCUT2D eigenvalue weighted by atomic mass is 10.1. The fourth-order valence-electron chi connectivity index (χ4n) is 3.23. The van der Waals surface area contributed by atoms with Gasteiger partial charge in [0, 0.05) is 31.9 Å². The molecule has 0 spiro atoms. The molecule has 0 unspecified atom stereocenters. The van der Waals surface area contributed by atoms with Crippen molar-refractivity contribution < 1.29 is 4.52 Å². The van der Waals surface area contributed by atoms with Crippen molar-refractivity contribution >= 4 is 34.1 Å². The Morgan fingerprint density at radius 2 is 1.70 bits per heavy atom. The number of aryl methyl sites for hydroxylation is 1. The Bertz CT molecular complexity index is 837. The van der Waals surface area contributed by atoms with Gasteiger partial charge in [-0.05, 0) is 30.7 Å². The predicted octanol–water partition coefficient (Wildman–Crippen LogP) is 4.12. The van der Waals surface area contributed by atoms with Crippen molar-refractivity contribution in [3.63, 3.8) is 0 Å². The van der Waals surface area contributed by atoms with Gasteiger partial charge in [-0.1, -0.05) is 41.0 Å². The van der Waals surface area contributed by atoms with E-state index in [0.717, 1.165) is 43.0 Å². The van der Waals surface area contributed by atoms with Crippen LogP contribution in [-0.2, 0) is 0 Å². The molecule has 0 N–H and O–H groups in total. The molecule has 0 amide bonds. The van der Waals surface area contributed by atoms with Gasteiger partial charge in [-0.3, -0.25) is 0 Å². The maximum atomic E-state index is 6.33. The van der Waals surface area contributed by atoms with Crippen LogP contribution in [0, 0.1) is 6.92 Å². The van der Waals surface area contributed by atoms with Gasteiger partial charge in [-0.2, -0.15) is 0 Å². The Morgan fingerprint density at radius 3 is 2.48 bits per heavy atom. The van der Waals surface area contributed by atoms with E-state index in [1.807, 2.05) is 18.2 Å². The van der Waals surface area contributed by atoms with E-state index in [4.69, 9.17) is 16.1 Å². The van der Waals surface area contributed by atoms with E-state index < -0.39 is 0 Å². The standard InChI is InChI=1S/C18H18ClN3O/c1-13-5-2-3-7-15(13)21-9-11-22(12-10-21)18-17-14(19)6-4-8-16(17)23-20-18/h2-8H,9-12H2,1H3. The largest absolute Gasteiger partial charge is 0.368 e. The van der Waals surface area contributed by atoms with Gasteiger partial charge in [-0.25, -0.2) is 0 Å². The van der Waals surface area contributed by atoms with Crippen LogP contribution in [0.15, 0.2) is 47.0 Å². The predicted molar refractivity (Wildman–Crippen MR) is 94.6 cm³/mol. The molecule has 4 nitrogen and oxygen atoms in total. The normalized spacial score (nSPS) is 15.4. The van der Waals surface area contributed by atoms with E-state index in [1.165, 1.54) is 11.3 Å². The van der Waals surface area contributed by atoms with E-state index in [2.05, 4.69) is 46.1 Å². The van der Waals surface area contributed by atoms with Gasteiger partial charge in [0.15, 0.2) is 11.4 Å². The van der Waals surface area contributed by atoms with Gasteiger partial charge in [0.2, 0.25) is 0 Å². The maximum absolute atomic E-state index is 6.33. The lowest BCUT2D eigenvalue weighted by Gasteiger charge is -2.36. The SMILES string of the molecule is Cc1ccccc1N1CCN(c2noc3cccc(Cl)c23)CC1. The smallest absolute Gasteiger partial charge is 0.181 e. The molecule has 0 bridgehead atoms. The quantitative estimate of drug-likeness (QED) is 0.709. The molecule has 1 aromatic heterocycles. The van der Waals surface area contributed by atoms with Gasteiger partial charge >= 0.3 is 0 Å². The highest BCUT2D eigenvalue weighted by Gasteiger charge is 2.23. The molecule has 0 saturated carbocycles. The molecule has 1 saturated heterocycles. The van der Waals surface area contributed by atoms with Crippen LogP contribution < -0.4 is 9.80 Å². The van der Waals surface area contributed by atoms with Crippen molar-refractivity contribution in [1.82, 2.24) is 5.16 Å². The van der Waals surface area contributed by atoms with Crippen LogP contribution in [0.25, 0.3) is 11.0 Å². The van der Waals surface area contributed by atoms with Gasteiger partial charge in [-0.15, -0.1) is 0 Å². The second-order valence-corrected chi connectivity index (χ2v) is 6.29. The maximum Gasteiger partial charge on any atom is 0.181 e. The van der Waals surface area contributed by atoms with Crippen LogP contribution in [0.3, 0.4) is 0 Å². The minimum atomic E-state index is 0.695. The molecule has 1 fully saturated rings. The number of aromatic nitrogens is 1. The topological polar surface area (TPSA) is 32.5 Å². The summed E-state index contributed by atoms with van der Waals surface area (Å²) in [5.74, 6) is 0.857. The first-order valence-corrected chi connectivity index (χ1v) is 8.21. The van der Waals surface area contributed by atoms with Gasteiger partial charge in [0.25, 0.3) is 0 Å². The molecule has 3 aromatic rings. The number of rotatable bonds is 2. The Morgan fingerprint density at radius 1 is 0.957 bits per heavy atom. The second-order valence-electron chi connectivity index (χ2n) is 5.88. The van der Waals surface area contributed by atoms with Crippen LogP contribution in [0.5, 0.6) is 0 Å². The Balaban J connectivity index is 1.57. The molecule has 23 heavy (non-hydrogen) atoms. The Hall–Kier alpha value is -2.20. The summed E-state index contributed by atoms with van der Waals surface area (Å²) in [5.41, 5.74) is 3.37. The summed E-state index contributed by atoms with van der Waals surface area (Å²) in [6.45, 7) is 5.89. The first kappa shape index (κ1) is 14.4. The van der Waals surface area contributed by atoms with E-state index in [1.54, 1.807) is 0 Å². The zero-order valence-electron chi connectivity index (χ0n) is 13.0. The van der Waals surface area contributed by atoms with Crippen LogP contribution in [-0.4, -0.2) is 31.3 Å². The number of halogens is 1. The lowest BCUT2D eigenvalue weighted by molar-refractivity contribution is 0.453. The highest BCUT2D eigenvalue weighted by atomic mass is 35.5. The first-order chi connectivity index (χ1) is 11.2. The van der Waals surface area contributed by atoms with Crippen molar-refractivity contribution in [3.05, 3.63) is 53.1 Å². The van der Waals surface area contributed by atoms with Crippen LogP contribution in [0.2, 0.25) is 5.02 Å². The summed E-state index contributed by atoms with van der Waals surface area (Å²) < 4.78 is 5.42. The minimum absolute atomic E-state index is 0.695. The zero-order chi connectivity index (χ0) is 15.8. The van der Waals surface area contributed by atoms with E-state index in [9.17, 15) is 0 Å². The van der Waals surface area contributed by atoms with Crippen LogP contribution in [0.1, 0.15) is 5.56 Å². The number of hydrogen-bond donors (Lipinski definition) is 0. The first-order valence-electron chi connectivity index (χ1n) is 7.83. The summed E-state index contributed by atoms with van der Waals surface area (Å²) in [5, 5.41) is 5.85. The van der Waals surface area contributed by atoms with Crippen molar-refractivity contribution in [2.24, 2.45) is 0 Å². The summed E-state index contributed by atoms with van der Waals surface area (Å²) in [6.07, 6.45) is 0. The third-order valence-electron chi connectivity index (χ3n) is 4.46. The minimum Gasteiger partial charge on any atom is -0.368 e. The van der Waals surface area contributed by atoms with Gasteiger partial charge in [0.1, 0.15) is 0 Å². The van der Waals surface area contributed by atoms with Gasteiger partial charge < -0.3 is 14.3 Å². The average Bonchev–Trinajstić information content (AvgIpc) is 3.01. The molecule has 5 heteroatoms. The number of anilines is 2. The number of nitrogens with zero attached hydrogens (tertiary/aromatic N) is 3. The summed E-state index contributed by atoms with van der Waals surface area (Å²) >= 11 is 6.33.